The van der Waals surface area contributed by atoms with E-state index in [2.05, 4.69) is 23.8 Å². The average molecular weight is 288 g/mol. The van der Waals surface area contributed by atoms with Gasteiger partial charge in [0.15, 0.2) is 5.69 Å². The van der Waals surface area contributed by atoms with Crippen molar-refractivity contribution < 1.29 is 13.2 Å². The molecule has 1 aliphatic rings. The van der Waals surface area contributed by atoms with E-state index in [0.717, 1.165) is 25.3 Å². The Balaban J connectivity index is 2.26. The Morgan fingerprint density at radius 3 is 2.50 bits per heavy atom. The maximum atomic E-state index is 12.8. The monoisotopic (exact) mass is 288 g/mol. The largest absolute Gasteiger partial charge is 0.433 e. The van der Waals surface area contributed by atoms with Crippen LogP contribution in [-0.2, 0) is 6.18 Å². The third-order valence-corrected chi connectivity index (χ3v) is 3.25. The maximum absolute atomic E-state index is 12.8. The molecule has 2 rings (SSSR count). The second-order valence-electron chi connectivity index (χ2n) is 5.57. The summed E-state index contributed by atoms with van der Waals surface area (Å²) in [5.41, 5.74) is 4.44. The summed E-state index contributed by atoms with van der Waals surface area (Å²) in [7, 11) is 0. The molecule has 1 saturated carbocycles. The molecule has 1 aromatic rings. The Bertz CT molecular complexity index is 469. The summed E-state index contributed by atoms with van der Waals surface area (Å²) >= 11 is 0. The maximum Gasteiger partial charge on any atom is 0.433 e. The fourth-order valence-corrected chi connectivity index (χ4v) is 2.01. The fourth-order valence-electron chi connectivity index (χ4n) is 2.01. The summed E-state index contributed by atoms with van der Waals surface area (Å²) in [6.45, 7) is 4.86. The molecule has 0 atom stereocenters. The van der Waals surface area contributed by atoms with Crippen molar-refractivity contribution in [2.24, 2.45) is 5.92 Å². The topological polar surface area (TPSA) is 55.0 Å². The first-order valence-electron chi connectivity index (χ1n) is 6.75. The number of nitrogens with zero attached hydrogens (tertiary/aromatic N) is 3. The third-order valence-electron chi connectivity index (χ3n) is 3.25. The Labute approximate surface area is 116 Å². The molecule has 0 unspecified atom stereocenters. The number of aromatic nitrogens is 2. The number of nitrogens with two attached hydrogens (primary N) is 1. The number of hydrogen-bond donors (Lipinski definition) is 1. The van der Waals surface area contributed by atoms with Crippen molar-refractivity contribution in [1.29, 1.82) is 0 Å². The van der Waals surface area contributed by atoms with Gasteiger partial charge >= 0.3 is 6.18 Å². The zero-order valence-electron chi connectivity index (χ0n) is 11.6. The Morgan fingerprint density at radius 1 is 1.35 bits per heavy atom. The summed E-state index contributed by atoms with van der Waals surface area (Å²) in [5, 5.41) is 0. The van der Waals surface area contributed by atoms with Gasteiger partial charge in [-0.15, -0.1) is 0 Å². The molecule has 1 heterocycles. The summed E-state index contributed by atoms with van der Waals surface area (Å²) in [4.78, 5) is 9.18. The lowest BCUT2D eigenvalue weighted by atomic mass is 10.1. The molecule has 7 heteroatoms. The highest BCUT2D eigenvalue weighted by atomic mass is 19.4. The minimum atomic E-state index is -4.50. The molecule has 2 N–H and O–H groups in total. The summed E-state index contributed by atoms with van der Waals surface area (Å²) in [6.07, 6.45) is -1.62. The molecule has 20 heavy (non-hydrogen) atoms. The van der Waals surface area contributed by atoms with E-state index in [1.807, 2.05) is 4.90 Å². The van der Waals surface area contributed by atoms with Crippen molar-refractivity contribution in [2.45, 2.75) is 45.3 Å². The van der Waals surface area contributed by atoms with E-state index in [1.165, 1.54) is 0 Å². The number of anilines is 2. The molecule has 1 aliphatic carbocycles. The first kappa shape index (κ1) is 14.9. The highest BCUT2D eigenvalue weighted by molar-refractivity contribution is 5.46. The lowest BCUT2D eigenvalue weighted by Gasteiger charge is -2.25. The van der Waals surface area contributed by atoms with Gasteiger partial charge in [0.2, 0.25) is 5.95 Å². The van der Waals surface area contributed by atoms with Crippen LogP contribution in [0.1, 0.15) is 38.8 Å². The molecule has 0 radical (unpaired) electrons. The number of hydrogen-bond acceptors (Lipinski definition) is 4. The van der Waals surface area contributed by atoms with Crippen molar-refractivity contribution in [2.75, 3.05) is 17.2 Å². The van der Waals surface area contributed by atoms with Crippen molar-refractivity contribution >= 4 is 11.8 Å². The van der Waals surface area contributed by atoms with E-state index in [0.29, 0.717) is 12.5 Å². The van der Waals surface area contributed by atoms with E-state index < -0.39 is 11.9 Å². The molecule has 0 bridgehead atoms. The van der Waals surface area contributed by atoms with E-state index >= 15 is 0 Å². The van der Waals surface area contributed by atoms with Crippen LogP contribution in [0.2, 0.25) is 0 Å². The molecule has 0 aliphatic heterocycles. The lowest BCUT2D eigenvalue weighted by Crippen LogP contribution is -2.29. The van der Waals surface area contributed by atoms with Crippen LogP contribution in [0, 0.1) is 5.92 Å². The van der Waals surface area contributed by atoms with Crippen LogP contribution in [0.3, 0.4) is 0 Å². The van der Waals surface area contributed by atoms with Crippen LogP contribution in [-0.4, -0.2) is 22.6 Å². The van der Waals surface area contributed by atoms with Gasteiger partial charge < -0.3 is 10.6 Å². The fraction of sp³-hybridized carbons (Fsp3) is 0.692. The summed E-state index contributed by atoms with van der Waals surface area (Å²) in [5.74, 6) is 0.440. The molecular weight excluding hydrogens is 269 g/mol. The number of rotatable bonds is 5. The lowest BCUT2D eigenvalue weighted by molar-refractivity contribution is -0.141. The molecule has 1 fully saturated rings. The van der Waals surface area contributed by atoms with Gasteiger partial charge in [-0.25, -0.2) is 4.98 Å². The Morgan fingerprint density at radius 2 is 2.00 bits per heavy atom. The minimum absolute atomic E-state index is 0.282. The highest BCUT2D eigenvalue weighted by Gasteiger charge is 2.36. The second kappa shape index (κ2) is 5.46. The van der Waals surface area contributed by atoms with E-state index in [1.54, 1.807) is 0 Å². The smallest absolute Gasteiger partial charge is 0.368 e. The standard InChI is InChI=1S/C13H19F3N4/c1-8(2)5-6-20(9-3-4-9)11-7-10(13(14,15)16)18-12(17)19-11/h7-9H,3-6H2,1-2H3,(H2,17,18,19). The molecule has 0 saturated heterocycles. The predicted molar refractivity (Wildman–Crippen MR) is 71.3 cm³/mol. The number of nitrogen functional groups attached to an aromatic ring is 1. The van der Waals surface area contributed by atoms with Gasteiger partial charge in [0, 0.05) is 18.7 Å². The molecular formula is C13H19F3N4. The van der Waals surface area contributed by atoms with Crippen LogP contribution in [0.4, 0.5) is 24.9 Å². The van der Waals surface area contributed by atoms with Gasteiger partial charge in [0.1, 0.15) is 5.82 Å². The van der Waals surface area contributed by atoms with Gasteiger partial charge in [-0.3, -0.25) is 0 Å². The van der Waals surface area contributed by atoms with Crippen LogP contribution in [0.15, 0.2) is 6.07 Å². The van der Waals surface area contributed by atoms with Crippen molar-refractivity contribution in [1.82, 2.24) is 9.97 Å². The normalized spacial score (nSPS) is 15.7. The number of alkyl halides is 3. The number of halogens is 3. The van der Waals surface area contributed by atoms with Crippen LogP contribution in [0.5, 0.6) is 0 Å². The SMILES string of the molecule is CC(C)CCN(c1cc(C(F)(F)F)nc(N)n1)C1CC1. The third kappa shape index (κ3) is 3.74. The molecule has 112 valence electrons. The van der Waals surface area contributed by atoms with Gasteiger partial charge in [-0.2, -0.15) is 18.2 Å². The quantitative estimate of drug-likeness (QED) is 0.904. The zero-order chi connectivity index (χ0) is 14.9. The van der Waals surface area contributed by atoms with E-state index in [9.17, 15) is 13.2 Å². The van der Waals surface area contributed by atoms with E-state index in [-0.39, 0.29) is 17.8 Å². The van der Waals surface area contributed by atoms with E-state index in [4.69, 9.17) is 5.73 Å². The zero-order valence-corrected chi connectivity index (χ0v) is 11.6. The average Bonchev–Trinajstić information content (AvgIpc) is 3.11. The Kier molecular flexibility index (Phi) is 4.06. The minimum Gasteiger partial charge on any atom is -0.368 e. The van der Waals surface area contributed by atoms with Gasteiger partial charge in [-0.1, -0.05) is 13.8 Å². The van der Waals surface area contributed by atoms with Crippen molar-refractivity contribution in [3.8, 4) is 0 Å². The summed E-state index contributed by atoms with van der Waals surface area (Å²) < 4.78 is 38.3. The first-order chi connectivity index (χ1) is 9.27. The second-order valence-corrected chi connectivity index (χ2v) is 5.57. The molecule has 0 amide bonds. The van der Waals surface area contributed by atoms with Gasteiger partial charge in [-0.05, 0) is 25.2 Å². The molecule has 0 aromatic carbocycles. The predicted octanol–water partition coefficient (Wildman–Crippen LogP) is 3.09. The molecule has 1 aromatic heterocycles. The molecule has 4 nitrogen and oxygen atoms in total. The Hall–Kier alpha value is -1.53. The van der Waals surface area contributed by atoms with Crippen LogP contribution >= 0.6 is 0 Å². The summed E-state index contributed by atoms with van der Waals surface area (Å²) in [6, 6.07) is 1.28. The highest BCUT2D eigenvalue weighted by Crippen LogP contribution is 2.34. The van der Waals surface area contributed by atoms with Crippen LogP contribution < -0.4 is 10.6 Å². The van der Waals surface area contributed by atoms with Crippen molar-refractivity contribution in [3.63, 3.8) is 0 Å². The van der Waals surface area contributed by atoms with Crippen molar-refractivity contribution in [3.05, 3.63) is 11.8 Å². The first-order valence-corrected chi connectivity index (χ1v) is 6.75. The van der Waals surface area contributed by atoms with Crippen LogP contribution in [0.25, 0.3) is 0 Å². The van der Waals surface area contributed by atoms with Gasteiger partial charge in [0.25, 0.3) is 0 Å². The molecule has 0 spiro atoms. The van der Waals surface area contributed by atoms with Gasteiger partial charge in [0.05, 0.1) is 0 Å².